The van der Waals surface area contributed by atoms with Gasteiger partial charge in [0.15, 0.2) is 0 Å². The standard InChI is InChI=1S/C15H24O/c1-13(2)7-6-11(16)12-14(3,4)10-5-8-15(12,13)9-10/h10,12H,5-9H2,1-4H3/t10-,12?,15-/m1/s1. The van der Waals surface area contributed by atoms with Crippen LogP contribution in [0.3, 0.4) is 0 Å². The SMILES string of the molecule is CC1(C)C2C(=O)CCC(C)(C)[C@@]23CC[C@@H]1C3. The Morgan fingerprint density at radius 2 is 1.81 bits per heavy atom. The molecule has 1 nitrogen and oxygen atoms in total. The first-order valence-electron chi connectivity index (χ1n) is 6.84. The topological polar surface area (TPSA) is 17.1 Å². The third-order valence-corrected chi connectivity index (χ3v) is 6.56. The zero-order chi connectivity index (χ0) is 11.8. The fourth-order valence-electron chi connectivity index (χ4n) is 5.48. The second kappa shape index (κ2) is 2.73. The Morgan fingerprint density at radius 1 is 1.12 bits per heavy atom. The summed E-state index contributed by atoms with van der Waals surface area (Å²) in [6.45, 7) is 9.53. The van der Waals surface area contributed by atoms with Crippen molar-refractivity contribution in [3.05, 3.63) is 0 Å². The highest BCUT2D eigenvalue weighted by atomic mass is 16.1. The molecule has 2 bridgehead atoms. The normalized spacial score (nSPS) is 48.1. The highest BCUT2D eigenvalue weighted by Gasteiger charge is 2.69. The van der Waals surface area contributed by atoms with Gasteiger partial charge in [-0.25, -0.2) is 0 Å². The molecule has 1 spiro atoms. The number of fused-ring (bicyclic) bond motifs is 1. The molecule has 3 aliphatic rings. The van der Waals surface area contributed by atoms with Crippen LogP contribution in [0, 0.1) is 28.1 Å². The summed E-state index contributed by atoms with van der Waals surface area (Å²) in [4.78, 5) is 12.4. The molecule has 3 saturated carbocycles. The van der Waals surface area contributed by atoms with Gasteiger partial charge in [-0.3, -0.25) is 4.79 Å². The van der Waals surface area contributed by atoms with Gasteiger partial charge in [0.25, 0.3) is 0 Å². The summed E-state index contributed by atoms with van der Waals surface area (Å²) in [6, 6.07) is 0. The van der Waals surface area contributed by atoms with Crippen molar-refractivity contribution in [3.63, 3.8) is 0 Å². The Labute approximate surface area is 99.0 Å². The Morgan fingerprint density at radius 3 is 2.44 bits per heavy atom. The van der Waals surface area contributed by atoms with Crippen LogP contribution in [0.15, 0.2) is 0 Å². The molecule has 90 valence electrons. The quantitative estimate of drug-likeness (QED) is 0.606. The Hall–Kier alpha value is -0.330. The van der Waals surface area contributed by atoms with Crippen LogP contribution in [0.25, 0.3) is 0 Å². The summed E-state index contributed by atoms with van der Waals surface area (Å²) < 4.78 is 0. The van der Waals surface area contributed by atoms with E-state index in [1.165, 1.54) is 19.3 Å². The Bertz CT molecular complexity index is 352. The molecule has 0 aromatic heterocycles. The van der Waals surface area contributed by atoms with Crippen molar-refractivity contribution in [1.29, 1.82) is 0 Å². The number of carbonyl (C=O) groups excluding carboxylic acids is 1. The van der Waals surface area contributed by atoms with E-state index in [1.54, 1.807) is 0 Å². The summed E-state index contributed by atoms with van der Waals surface area (Å²) in [5, 5.41) is 0. The lowest BCUT2D eigenvalue weighted by atomic mass is 9.49. The van der Waals surface area contributed by atoms with Gasteiger partial charge in [-0.05, 0) is 47.8 Å². The third-order valence-electron chi connectivity index (χ3n) is 6.56. The molecule has 3 fully saturated rings. The van der Waals surface area contributed by atoms with Crippen molar-refractivity contribution in [3.8, 4) is 0 Å². The van der Waals surface area contributed by atoms with Crippen LogP contribution in [0.4, 0.5) is 0 Å². The molecule has 0 aromatic carbocycles. The van der Waals surface area contributed by atoms with Gasteiger partial charge in [-0.2, -0.15) is 0 Å². The molecule has 3 rings (SSSR count). The fourth-order valence-corrected chi connectivity index (χ4v) is 5.48. The predicted molar refractivity (Wildman–Crippen MR) is 65.1 cm³/mol. The van der Waals surface area contributed by atoms with Crippen LogP contribution in [-0.4, -0.2) is 5.78 Å². The predicted octanol–water partition coefficient (Wildman–Crippen LogP) is 3.82. The highest BCUT2D eigenvalue weighted by molar-refractivity contribution is 5.84. The van der Waals surface area contributed by atoms with Gasteiger partial charge < -0.3 is 0 Å². The third kappa shape index (κ3) is 0.966. The van der Waals surface area contributed by atoms with E-state index < -0.39 is 0 Å². The number of carbonyl (C=O) groups is 1. The van der Waals surface area contributed by atoms with Crippen LogP contribution in [0.1, 0.15) is 59.8 Å². The number of hydrogen-bond acceptors (Lipinski definition) is 1. The first-order chi connectivity index (χ1) is 7.31. The zero-order valence-electron chi connectivity index (χ0n) is 11.1. The molecule has 0 N–H and O–H groups in total. The van der Waals surface area contributed by atoms with Gasteiger partial charge in [-0.15, -0.1) is 0 Å². The molecule has 1 heteroatoms. The van der Waals surface area contributed by atoms with Crippen LogP contribution in [-0.2, 0) is 4.79 Å². The van der Waals surface area contributed by atoms with E-state index in [4.69, 9.17) is 0 Å². The van der Waals surface area contributed by atoms with Gasteiger partial charge in [0.2, 0.25) is 0 Å². The van der Waals surface area contributed by atoms with E-state index in [0.29, 0.717) is 22.5 Å². The smallest absolute Gasteiger partial charge is 0.137 e. The fraction of sp³-hybridized carbons (Fsp3) is 0.933. The van der Waals surface area contributed by atoms with Gasteiger partial charge in [0, 0.05) is 12.3 Å². The molecule has 0 radical (unpaired) electrons. The first-order valence-corrected chi connectivity index (χ1v) is 6.84. The second-order valence-electron chi connectivity index (χ2n) is 7.70. The summed E-state index contributed by atoms with van der Waals surface area (Å²) >= 11 is 0. The molecule has 3 aliphatic carbocycles. The van der Waals surface area contributed by atoms with E-state index in [2.05, 4.69) is 27.7 Å². The number of ketones is 1. The molecule has 0 amide bonds. The largest absolute Gasteiger partial charge is 0.299 e. The average molecular weight is 220 g/mol. The van der Waals surface area contributed by atoms with Crippen molar-refractivity contribution in [2.45, 2.75) is 59.8 Å². The second-order valence-corrected chi connectivity index (χ2v) is 7.70. The lowest BCUT2D eigenvalue weighted by Crippen LogP contribution is -2.52. The maximum atomic E-state index is 12.4. The van der Waals surface area contributed by atoms with Gasteiger partial charge in [-0.1, -0.05) is 27.7 Å². The monoisotopic (exact) mass is 220 g/mol. The van der Waals surface area contributed by atoms with Crippen molar-refractivity contribution in [2.24, 2.45) is 28.1 Å². The molecule has 16 heavy (non-hydrogen) atoms. The minimum Gasteiger partial charge on any atom is -0.299 e. The minimum absolute atomic E-state index is 0.271. The molecule has 0 aromatic rings. The van der Waals surface area contributed by atoms with Crippen molar-refractivity contribution < 1.29 is 4.79 Å². The average Bonchev–Trinajstić information content (AvgIpc) is 2.67. The van der Waals surface area contributed by atoms with Crippen LogP contribution < -0.4 is 0 Å². The van der Waals surface area contributed by atoms with Crippen LogP contribution in [0.5, 0.6) is 0 Å². The molecule has 0 aliphatic heterocycles. The molecular weight excluding hydrogens is 196 g/mol. The maximum Gasteiger partial charge on any atom is 0.137 e. The lowest BCUT2D eigenvalue weighted by molar-refractivity contribution is -0.146. The first kappa shape index (κ1) is 10.8. The van der Waals surface area contributed by atoms with E-state index in [0.717, 1.165) is 18.8 Å². The van der Waals surface area contributed by atoms with Crippen LogP contribution in [0.2, 0.25) is 0 Å². The van der Waals surface area contributed by atoms with E-state index in [9.17, 15) is 4.79 Å². The molecule has 1 unspecified atom stereocenters. The summed E-state index contributed by atoms with van der Waals surface area (Å²) in [6.07, 6.45) is 5.94. The number of Topliss-reactive ketones (excluding diaryl/α,β-unsaturated/α-hetero) is 1. The molecular formula is C15H24O. The Kier molecular flexibility index (Phi) is 1.85. The van der Waals surface area contributed by atoms with E-state index in [-0.39, 0.29) is 5.41 Å². The maximum absolute atomic E-state index is 12.4. The summed E-state index contributed by atoms with van der Waals surface area (Å²) in [7, 11) is 0. The minimum atomic E-state index is 0.271. The van der Waals surface area contributed by atoms with E-state index >= 15 is 0 Å². The summed E-state index contributed by atoms with van der Waals surface area (Å²) in [5.74, 6) is 1.74. The van der Waals surface area contributed by atoms with Gasteiger partial charge in [0.05, 0.1) is 0 Å². The zero-order valence-corrected chi connectivity index (χ0v) is 11.1. The number of hydrogen-bond donors (Lipinski definition) is 0. The van der Waals surface area contributed by atoms with Gasteiger partial charge >= 0.3 is 0 Å². The summed E-state index contributed by atoms with van der Waals surface area (Å²) in [5.41, 5.74) is 1.01. The molecule has 0 saturated heterocycles. The lowest BCUT2D eigenvalue weighted by Gasteiger charge is -2.54. The van der Waals surface area contributed by atoms with Crippen molar-refractivity contribution >= 4 is 5.78 Å². The Balaban J connectivity index is 2.14. The molecule has 0 heterocycles. The highest BCUT2D eigenvalue weighted by Crippen LogP contribution is 2.74. The molecule has 3 atom stereocenters. The van der Waals surface area contributed by atoms with Crippen molar-refractivity contribution in [1.82, 2.24) is 0 Å². The van der Waals surface area contributed by atoms with Crippen molar-refractivity contribution in [2.75, 3.05) is 0 Å². The van der Waals surface area contributed by atoms with E-state index in [1.807, 2.05) is 0 Å². The van der Waals surface area contributed by atoms with Crippen LogP contribution >= 0.6 is 0 Å². The van der Waals surface area contributed by atoms with Gasteiger partial charge in [0.1, 0.15) is 5.78 Å². The number of rotatable bonds is 0.